The summed E-state index contributed by atoms with van der Waals surface area (Å²) in [5.74, 6) is 6.65. The average Bonchev–Trinajstić information content (AvgIpc) is 2.41. The third-order valence-electron chi connectivity index (χ3n) is 3.27. The van der Waals surface area contributed by atoms with Crippen molar-refractivity contribution in [1.29, 1.82) is 0 Å². The van der Waals surface area contributed by atoms with E-state index >= 15 is 0 Å². The molecule has 4 heteroatoms. The molecule has 3 nitrogen and oxygen atoms in total. The first-order valence-corrected chi connectivity index (χ1v) is 7.79. The van der Waals surface area contributed by atoms with Gasteiger partial charge in [-0.1, -0.05) is 34.1 Å². The van der Waals surface area contributed by atoms with E-state index in [1.807, 2.05) is 38.1 Å². The molecule has 112 valence electrons. The van der Waals surface area contributed by atoms with Crippen LogP contribution < -0.4 is 16.0 Å². The summed E-state index contributed by atoms with van der Waals surface area (Å²) in [5.41, 5.74) is 6.33. The summed E-state index contributed by atoms with van der Waals surface area (Å²) in [6.07, 6.45) is 0.152. The van der Waals surface area contributed by atoms with Crippen LogP contribution in [0, 0.1) is 6.92 Å². The van der Waals surface area contributed by atoms with Crippen LogP contribution in [0.2, 0.25) is 0 Å². The Labute approximate surface area is 134 Å². The van der Waals surface area contributed by atoms with Gasteiger partial charge in [-0.15, -0.1) is 0 Å². The first-order valence-electron chi connectivity index (χ1n) is 7.00. The Balaban J connectivity index is 2.37. The molecule has 1 atom stereocenters. The van der Waals surface area contributed by atoms with Gasteiger partial charge in [-0.25, -0.2) is 5.43 Å². The highest BCUT2D eigenvalue weighted by molar-refractivity contribution is 9.10. The first-order chi connectivity index (χ1) is 10.0. The van der Waals surface area contributed by atoms with E-state index in [0.717, 1.165) is 21.3 Å². The predicted octanol–water partition coefficient (Wildman–Crippen LogP) is 4.10. The Morgan fingerprint density at radius 2 is 1.90 bits per heavy atom. The van der Waals surface area contributed by atoms with E-state index in [2.05, 4.69) is 46.5 Å². The van der Waals surface area contributed by atoms with Gasteiger partial charge in [0.1, 0.15) is 5.75 Å². The molecule has 0 aliphatic rings. The minimum atomic E-state index is -0.0613. The minimum absolute atomic E-state index is 0.0613. The molecule has 1 unspecified atom stereocenters. The summed E-state index contributed by atoms with van der Waals surface area (Å²) in [7, 11) is 0. The molecule has 0 spiro atoms. The van der Waals surface area contributed by atoms with Gasteiger partial charge in [0.25, 0.3) is 0 Å². The number of hydrazine groups is 1. The topological polar surface area (TPSA) is 47.3 Å². The van der Waals surface area contributed by atoms with Gasteiger partial charge in [0, 0.05) is 4.47 Å². The normalized spacial score (nSPS) is 12.5. The van der Waals surface area contributed by atoms with Gasteiger partial charge < -0.3 is 4.74 Å². The highest BCUT2D eigenvalue weighted by atomic mass is 79.9. The van der Waals surface area contributed by atoms with Crippen LogP contribution in [-0.4, -0.2) is 6.10 Å². The van der Waals surface area contributed by atoms with Crippen LogP contribution in [0.5, 0.6) is 5.75 Å². The summed E-state index contributed by atoms with van der Waals surface area (Å²) < 4.78 is 6.82. The zero-order chi connectivity index (χ0) is 15.4. The van der Waals surface area contributed by atoms with Gasteiger partial charge >= 0.3 is 0 Å². The van der Waals surface area contributed by atoms with Crippen LogP contribution in [0.15, 0.2) is 46.9 Å². The Hall–Kier alpha value is -1.36. The maximum Gasteiger partial charge on any atom is 0.120 e. The van der Waals surface area contributed by atoms with E-state index < -0.39 is 0 Å². The van der Waals surface area contributed by atoms with Crippen molar-refractivity contribution in [3.63, 3.8) is 0 Å². The van der Waals surface area contributed by atoms with Crippen LogP contribution in [0.25, 0.3) is 0 Å². The third kappa shape index (κ3) is 4.06. The number of hydrogen-bond acceptors (Lipinski definition) is 3. The van der Waals surface area contributed by atoms with Crippen LogP contribution in [-0.2, 0) is 0 Å². The number of aryl methyl sites for hydroxylation is 1. The molecular weight excluding hydrogens is 328 g/mol. The Morgan fingerprint density at radius 3 is 2.52 bits per heavy atom. The molecule has 0 amide bonds. The molecule has 3 N–H and O–H groups in total. The number of nitrogens with one attached hydrogen (secondary N) is 1. The monoisotopic (exact) mass is 348 g/mol. The van der Waals surface area contributed by atoms with Crippen LogP contribution >= 0.6 is 15.9 Å². The zero-order valence-electron chi connectivity index (χ0n) is 12.6. The van der Waals surface area contributed by atoms with Gasteiger partial charge in [0.05, 0.1) is 12.1 Å². The minimum Gasteiger partial charge on any atom is -0.491 e. The van der Waals surface area contributed by atoms with Crippen molar-refractivity contribution < 1.29 is 4.74 Å². The van der Waals surface area contributed by atoms with E-state index in [4.69, 9.17) is 10.6 Å². The highest BCUT2D eigenvalue weighted by Crippen LogP contribution is 2.28. The lowest BCUT2D eigenvalue weighted by atomic mass is 9.95. The predicted molar refractivity (Wildman–Crippen MR) is 90.3 cm³/mol. The summed E-state index contributed by atoms with van der Waals surface area (Å²) in [6, 6.07) is 14.2. The fourth-order valence-corrected chi connectivity index (χ4v) is 2.84. The van der Waals surface area contributed by atoms with Gasteiger partial charge in [0.15, 0.2) is 0 Å². The van der Waals surface area contributed by atoms with Crippen molar-refractivity contribution >= 4 is 15.9 Å². The smallest absolute Gasteiger partial charge is 0.120 e. The van der Waals surface area contributed by atoms with Gasteiger partial charge in [-0.2, -0.15) is 0 Å². The molecule has 21 heavy (non-hydrogen) atoms. The number of benzene rings is 2. The molecule has 0 saturated heterocycles. The molecule has 2 aromatic rings. The van der Waals surface area contributed by atoms with Gasteiger partial charge in [-0.05, 0) is 61.7 Å². The average molecular weight is 349 g/mol. The summed E-state index contributed by atoms with van der Waals surface area (Å²) in [4.78, 5) is 0. The Bertz CT molecular complexity index is 613. The lowest BCUT2D eigenvalue weighted by molar-refractivity contribution is 0.242. The quantitative estimate of drug-likeness (QED) is 0.631. The van der Waals surface area contributed by atoms with Crippen molar-refractivity contribution in [2.75, 3.05) is 0 Å². The molecular formula is C17H21BrN2O. The fourth-order valence-electron chi connectivity index (χ4n) is 2.37. The van der Waals surface area contributed by atoms with Crippen LogP contribution in [0.4, 0.5) is 0 Å². The number of nitrogens with two attached hydrogens (primary N) is 1. The molecule has 0 radical (unpaired) electrons. The van der Waals surface area contributed by atoms with E-state index in [0.29, 0.717) is 0 Å². The fraction of sp³-hybridized carbons (Fsp3) is 0.294. The van der Waals surface area contributed by atoms with E-state index in [1.165, 1.54) is 5.56 Å². The maximum atomic E-state index is 5.79. The molecule has 0 saturated carbocycles. The largest absolute Gasteiger partial charge is 0.491 e. The molecule has 0 aliphatic heterocycles. The number of ether oxygens (including phenoxy) is 1. The Kier molecular flexibility index (Phi) is 5.39. The molecule has 0 aromatic heterocycles. The lowest BCUT2D eigenvalue weighted by Gasteiger charge is -2.20. The van der Waals surface area contributed by atoms with E-state index in [1.54, 1.807) is 0 Å². The molecule has 0 fully saturated rings. The summed E-state index contributed by atoms with van der Waals surface area (Å²) >= 11 is 3.49. The number of halogens is 1. The summed E-state index contributed by atoms with van der Waals surface area (Å²) in [6.45, 7) is 6.12. The molecule has 2 aromatic carbocycles. The SMILES string of the molecule is Cc1cc(Br)ccc1C(NN)c1cccc(OC(C)C)c1. The Morgan fingerprint density at radius 1 is 1.14 bits per heavy atom. The van der Waals surface area contributed by atoms with E-state index in [9.17, 15) is 0 Å². The zero-order valence-corrected chi connectivity index (χ0v) is 14.1. The number of rotatable bonds is 5. The van der Waals surface area contributed by atoms with Crippen molar-refractivity contribution in [3.05, 3.63) is 63.6 Å². The molecule has 0 bridgehead atoms. The van der Waals surface area contributed by atoms with Gasteiger partial charge in [0.2, 0.25) is 0 Å². The molecule has 0 heterocycles. The first kappa shape index (κ1) is 16.0. The highest BCUT2D eigenvalue weighted by Gasteiger charge is 2.15. The van der Waals surface area contributed by atoms with Crippen molar-refractivity contribution in [2.45, 2.75) is 32.9 Å². The lowest BCUT2D eigenvalue weighted by Crippen LogP contribution is -2.29. The second kappa shape index (κ2) is 7.07. The molecule has 0 aliphatic carbocycles. The van der Waals surface area contributed by atoms with Crippen molar-refractivity contribution in [1.82, 2.24) is 5.43 Å². The van der Waals surface area contributed by atoms with Crippen LogP contribution in [0.3, 0.4) is 0 Å². The number of hydrogen-bond donors (Lipinski definition) is 2. The molecule has 2 rings (SSSR count). The van der Waals surface area contributed by atoms with E-state index in [-0.39, 0.29) is 12.1 Å². The van der Waals surface area contributed by atoms with Crippen molar-refractivity contribution in [2.24, 2.45) is 5.84 Å². The maximum absolute atomic E-state index is 5.79. The second-order valence-corrected chi connectivity index (χ2v) is 6.26. The van der Waals surface area contributed by atoms with Crippen molar-refractivity contribution in [3.8, 4) is 5.75 Å². The van der Waals surface area contributed by atoms with Gasteiger partial charge in [-0.3, -0.25) is 5.84 Å². The standard InChI is InChI=1S/C17H21BrN2O/c1-11(2)21-15-6-4-5-13(10-15)17(20-19)16-8-7-14(18)9-12(16)3/h4-11,17,20H,19H2,1-3H3. The van der Waals surface area contributed by atoms with Crippen LogP contribution in [0.1, 0.15) is 36.6 Å². The second-order valence-electron chi connectivity index (χ2n) is 5.34. The summed E-state index contributed by atoms with van der Waals surface area (Å²) in [5, 5.41) is 0. The third-order valence-corrected chi connectivity index (χ3v) is 3.77.